The zero-order chi connectivity index (χ0) is 21.6. The number of halogens is 1. The molecule has 0 aliphatic carbocycles. The second-order valence-corrected chi connectivity index (χ2v) is 6.03. The second kappa shape index (κ2) is 9.60. The molecule has 0 radical (unpaired) electrons. The van der Waals surface area contributed by atoms with Crippen LogP contribution in [0.5, 0.6) is 11.5 Å². The highest BCUT2D eigenvalue weighted by Gasteiger charge is 2.29. The fourth-order valence-electron chi connectivity index (χ4n) is 2.21. The molecule has 0 saturated heterocycles. The Labute approximate surface area is 171 Å². The number of anilines is 1. The van der Waals surface area contributed by atoms with Gasteiger partial charge in [-0.15, -0.1) is 0 Å². The van der Waals surface area contributed by atoms with Gasteiger partial charge in [-0.2, -0.15) is 10.2 Å². The van der Waals surface area contributed by atoms with Crippen molar-refractivity contribution in [2.24, 2.45) is 10.2 Å². The van der Waals surface area contributed by atoms with E-state index >= 15 is 0 Å². The van der Waals surface area contributed by atoms with Crippen LogP contribution in [-0.2, 0) is 9.59 Å². The molecule has 2 aromatic rings. The minimum atomic E-state index is -1.50. The monoisotopic (exact) mass is 420 g/mol. The topological polar surface area (TPSA) is 124 Å². The molecule has 0 saturated carbocycles. The van der Waals surface area contributed by atoms with Crippen LogP contribution >= 0.6 is 11.8 Å². The van der Waals surface area contributed by atoms with E-state index in [-0.39, 0.29) is 17.1 Å². The van der Waals surface area contributed by atoms with Crippen molar-refractivity contribution in [1.82, 2.24) is 0 Å². The van der Waals surface area contributed by atoms with Crippen molar-refractivity contribution in [1.29, 1.82) is 0 Å². The third-order valence-electron chi connectivity index (χ3n) is 3.72. The summed E-state index contributed by atoms with van der Waals surface area (Å²) in [5, 5.41) is 18.3. The average Bonchev–Trinajstić information content (AvgIpc) is 2.72. The minimum Gasteiger partial charge on any atom is -0.497 e. The molecule has 0 spiro atoms. The summed E-state index contributed by atoms with van der Waals surface area (Å²) < 4.78 is 11.0. The minimum absolute atomic E-state index is 0.123. The lowest BCUT2D eigenvalue weighted by molar-refractivity contribution is -0.384. The number of ketones is 1. The number of nitro groups is 1. The van der Waals surface area contributed by atoms with Gasteiger partial charge in [-0.3, -0.25) is 19.7 Å². The maximum absolute atomic E-state index is 12.7. The predicted molar refractivity (Wildman–Crippen MR) is 105 cm³/mol. The van der Waals surface area contributed by atoms with E-state index < -0.39 is 22.7 Å². The molecule has 2 aromatic carbocycles. The molecule has 0 heterocycles. The Hall–Kier alpha value is -3.53. The highest BCUT2D eigenvalue weighted by Crippen LogP contribution is 2.30. The van der Waals surface area contributed by atoms with Gasteiger partial charge in [0.2, 0.25) is 6.04 Å². The van der Waals surface area contributed by atoms with Crippen LogP contribution in [0.3, 0.4) is 0 Å². The largest absolute Gasteiger partial charge is 0.497 e. The lowest BCUT2D eigenvalue weighted by Gasteiger charge is -2.18. The summed E-state index contributed by atoms with van der Waals surface area (Å²) in [5.41, 5.74) is 0.325. The first-order valence-corrected chi connectivity index (χ1v) is 8.49. The standard InChI is InChI=1S/C18H17ClN4O6/c1-11(24)17(21-20-12-4-6-13(7-5-12)23(26)27)18(25)22(19)14-8-15(28-2)10-16(9-14)29-3/h4-10,17H,1-3H3. The van der Waals surface area contributed by atoms with Gasteiger partial charge in [-0.25, -0.2) is 4.42 Å². The Bertz CT molecular complexity index is 926. The van der Waals surface area contributed by atoms with Gasteiger partial charge < -0.3 is 9.47 Å². The van der Waals surface area contributed by atoms with Gasteiger partial charge in [-0.1, -0.05) is 0 Å². The predicted octanol–water partition coefficient (Wildman–Crippen LogP) is 3.84. The Morgan fingerprint density at radius 3 is 2.10 bits per heavy atom. The van der Waals surface area contributed by atoms with E-state index in [4.69, 9.17) is 21.3 Å². The van der Waals surface area contributed by atoms with Gasteiger partial charge in [0, 0.05) is 42.1 Å². The van der Waals surface area contributed by atoms with Crippen LogP contribution in [0.4, 0.5) is 17.1 Å². The number of methoxy groups -OCH3 is 2. The Morgan fingerprint density at radius 1 is 1.10 bits per heavy atom. The first-order chi connectivity index (χ1) is 13.8. The van der Waals surface area contributed by atoms with Crippen LogP contribution in [0.1, 0.15) is 6.92 Å². The lowest BCUT2D eigenvalue weighted by atomic mass is 10.2. The SMILES string of the molecule is COc1cc(OC)cc(N(Cl)C(=O)C(N=Nc2ccc([N+](=O)[O-])cc2)C(C)=O)c1. The number of azo groups is 1. The van der Waals surface area contributed by atoms with E-state index in [1.165, 1.54) is 57.5 Å². The Balaban J connectivity index is 2.26. The van der Waals surface area contributed by atoms with E-state index in [0.29, 0.717) is 11.5 Å². The first-order valence-electron chi connectivity index (χ1n) is 8.15. The molecule has 0 fully saturated rings. The molecule has 152 valence electrons. The quantitative estimate of drug-likeness (QED) is 0.210. The van der Waals surface area contributed by atoms with Gasteiger partial charge in [0.15, 0.2) is 5.78 Å². The molecule has 2 rings (SSSR count). The lowest BCUT2D eigenvalue weighted by Crippen LogP contribution is -2.36. The van der Waals surface area contributed by atoms with E-state index in [0.717, 1.165) is 4.42 Å². The first kappa shape index (κ1) is 21.8. The summed E-state index contributed by atoms with van der Waals surface area (Å²) in [6, 6.07) is 8.21. The number of non-ortho nitro benzene ring substituents is 1. The van der Waals surface area contributed by atoms with Crippen molar-refractivity contribution >= 4 is 40.5 Å². The molecule has 0 bridgehead atoms. The average molecular weight is 421 g/mol. The fourth-order valence-corrected chi connectivity index (χ4v) is 2.40. The molecule has 29 heavy (non-hydrogen) atoms. The van der Waals surface area contributed by atoms with Crippen molar-refractivity contribution < 1.29 is 24.0 Å². The molecule has 1 unspecified atom stereocenters. The van der Waals surface area contributed by atoms with Gasteiger partial charge >= 0.3 is 0 Å². The van der Waals surface area contributed by atoms with Crippen molar-refractivity contribution in [3.05, 3.63) is 52.6 Å². The number of nitrogens with zero attached hydrogens (tertiary/aromatic N) is 4. The molecule has 1 atom stereocenters. The van der Waals surface area contributed by atoms with Crippen molar-refractivity contribution in [3.63, 3.8) is 0 Å². The molecule has 0 aliphatic heterocycles. The van der Waals surface area contributed by atoms with Crippen molar-refractivity contribution in [2.45, 2.75) is 13.0 Å². The number of Topliss-reactive ketones (excluding diaryl/α,β-unsaturated/α-hetero) is 1. The van der Waals surface area contributed by atoms with E-state index in [1.807, 2.05) is 0 Å². The third kappa shape index (κ3) is 5.48. The van der Waals surface area contributed by atoms with Gasteiger partial charge in [-0.05, 0) is 19.1 Å². The zero-order valence-corrected chi connectivity index (χ0v) is 16.5. The molecule has 11 heteroatoms. The molecule has 0 aliphatic rings. The van der Waals surface area contributed by atoms with Crippen molar-refractivity contribution in [2.75, 3.05) is 18.6 Å². The molecule has 1 amide bonds. The van der Waals surface area contributed by atoms with Crippen LogP contribution in [0.2, 0.25) is 0 Å². The number of carbonyl (C=O) groups excluding carboxylic acids is 2. The molecule has 0 N–H and O–H groups in total. The smallest absolute Gasteiger partial charge is 0.276 e. The number of hydrogen-bond donors (Lipinski definition) is 0. The number of ether oxygens (including phenoxy) is 2. The Morgan fingerprint density at radius 2 is 1.66 bits per heavy atom. The molecule has 10 nitrogen and oxygen atoms in total. The second-order valence-electron chi connectivity index (χ2n) is 5.69. The maximum Gasteiger partial charge on any atom is 0.276 e. The molecule has 0 aromatic heterocycles. The highest BCUT2D eigenvalue weighted by atomic mass is 35.5. The van der Waals surface area contributed by atoms with Crippen LogP contribution in [0, 0.1) is 10.1 Å². The number of amides is 1. The third-order valence-corrected chi connectivity index (χ3v) is 4.09. The summed E-state index contributed by atoms with van der Waals surface area (Å²) in [5.74, 6) is -0.629. The van der Waals surface area contributed by atoms with Crippen LogP contribution in [0.25, 0.3) is 0 Å². The molecular formula is C18H17ClN4O6. The van der Waals surface area contributed by atoms with Gasteiger partial charge in [0.25, 0.3) is 11.6 Å². The Kier molecular flexibility index (Phi) is 7.21. The summed E-state index contributed by atoms with van der Waals surface area (Å²) in [4.78, 5) is 34.8. The highest BCUT2D eigenvalue weighted by molar-refractivity contribution is 6.39. The van der Waals surface area contributed by atoms with E-state index in [9.17, 15) is 19.7 Å². The number of rotatable bonds is 8. The number of carbonyl (C=O) groups is 2. The summed E-state index contributed by atoms with van der Waals surface area (Å²) in [7, 11) is 2.88. The fraction of sp³-hybridized carbons (Fsp3) is 0.222. The normalized spacial score (nSPS) is 11.7. The van der Waals surface area contributed by atoms with Gasteiger partial charge in [0.1, 0.15) is 11.5 Å². The van der Waals surface area contributed by atoms with E-state index in [1.54, 1.807) is 6.07 Å². The maximum atomic E-state index is 12.7. The van der Waals surface area contributed by atoms with Crippen LogP contribution in [-0.4, -0.2) is 36.9 Å². The summed E-state index contributed by atoms with van der Waals surface area (Å²) >= 11 is 6.13. The number of nitro benzene ring substituents is 1. The van der Waals surface area contributed by atoms with E-state index in [2.05, 4.69) is 10.2 Å². The molecular weight excluding hydrogens is 404 g/mol. The number of benzene rings is 2. The van der Waals surface area contributed by atoms with Gasteiger partial charge in [0.05, 0.1) is 30.5 Å². The van der Waals surface area contributed by atoms with Crippen LogP contribution < -0.4 is 13.9 Å². The van der Waals surface area contributed by atoms with Crippen molar-refractivity contribution in [3.8, 4) is 11.5 Å². The summed E-state index contributed by atoms with van der Waals surface area (Å²) in [6.07, 6.45) is 0. The summed E-state index contributed by atoms with van der Waals surface area (Å²) in [6.45, 7) is 1.17. The van der Waals surface area contributed by atoms with Crippen LogP contribution in [0.15, 0.2) is 52.7 Å². The zero-order valence-electron chi connectivity index (χ0n) is 15.7. The number of hydrogen-bond acceptors (Lipinski definition) is 8.